The van der Waals surface area contributed by atoms with Crippen LogP contribution in [0.15, 0.2) is 12.3 Å². The van der Waals surface area contributed by atoms with Gasteiger partial charge in [0, 0.05) is 19.3 Å². The quantitative estimate of drug-likeness (QED) is 0.917. The highest BCUT2D eigenvalue weighted by molar-refractivity contribution is 5.67. The highest BCUT2D eigenvalue weighted by Crippen LogP contribution is 2.15. The molecule has 0 atom stereocenters. The van der Waals surface area contributed by atoms with E-state index in [9.17, 15) is 4.79 Å². The molecule has 1 aliphatic heterocycles. The summed E-state index contributed by atoms with van der Waals surface area (Å²) < 4.78 is 5.19. The summed E-state index contributed by atoms with van der Waals surface area (Å²) in [5.74, 6) is 0.742. The second-order valence-electron chi connectivity index (χ2n) is 5.90. The molecule has 6 heteroatoms. The molecule has 0 radical (unpaired) electrons. The van der Waals surface area contributed by atoms with Crippen LogP contribution in [0.5, 0.6) is 0 Å². The van der Waals surface area contributed by atoms with E-state index >= 15 is 0 Å². The molecule has 1 aromatic heterocycles. The van der Waals surface area contributed by atoms with E-state index in [1.54, 1.807) is 12.3 Å². The van der Waals surface area contributed by atoms with Gasteiger partial charge in [0.1, 0.15) is 5.60 Å². The van der Waals surface area contributed by atoms with E-state index < -0.39 is 11.7 Å². The van der Waals surface area contributed by atoms with Crippen molar-refractivity contribution in [1.82, 2.24) is 15.3 Å². The number of carbonyl (C=O) groups is 1. The predicted molar refractivity (Wildman–Crippen MR) is 76.6 cm³/mol. The molecule has 20 heavy (non-hydrogen) atoms. The lowest BCUT2D eigenvalue weighted by atomic mass is 10.2. The number of rotatable bonds is 3. The highest BCUT2D eigenvalue weighted by Gasteiger charge is 2.17. The van der Waals surface area contributed by atoms with Gasteiger partial charge >= 0.3 is 6.09 Å². The summed E-state index contributed by atoms with van der Waals surface area (Å²) in [6.07, 6.45) is 3.67. The largest absolute Gasteiger partial charge is 0.444 e. The molecule has 0 aliphatic carbocycles. The lowest BCUT2D eigenvalue weighted by Crippen LogP contribution is -2.32. The fourth-order valence-electron chi connectivity index (χ4n) is 2.03. The van der Waals surface area contributed by atoms with Crippen LogP contribution in [0.3, 0.4) is 0 Å². The van der Waals surface area contributed by atoms with Crippen LogP contribution in [-0.4, -0.2) is 34.8 Å². The molecule has 0 saturated carbocycles. The van der Waals surface area contributed by atoms with E-state index in [2.05, 4.69) is 20.2 Å². The van der Waals surface area contributed by atoms with Gasteiger partial charge in [0.15, 0.2) is 0 Å². The maximum absolute atomic E-state index is 11.6. The molecular formula is C14H22N4O2. The molecule has 1 saturated heterocycles. The normalized spacial score (nSPS) is 15.2. The molecule has 0 aromatic carbocycles. The Morgan fingerprint density at radius 1 is 1.40 bits per heavy atom. The van der Waals surface area contributed by atoms with Crippen molar-refractivity contribution in [2.45, 2.75) is 45.8 Å². The predicted octanol–water partition coefficient (Wildman–Crippen LogP) is 2.10. The Balaban J connectivity index is 1.90. The highest BCUT2D eigenvalue weighted by atomic mass is 16.6. The van der Waals surface area contributed by atoms with E-state index in [4.69, 9.17) is 4.74 Å². The zero-order chi connectivity index (χ0) is 14.6. The zero-order valence-corrected chi connectivity index (χ0v) is 12.3. The van der Waals surface area contributed by atoms with Gasteiger partial charge < -0.3 is 15.0 Å². The third-order valence-corrected chi connectivity index (χ3v) is 2.90. The average Bonchev–Trinajstić information content (AvgIpc) is 2.88. The van der Waals surface area contributed by atoms with Crippen LogP contribution in [0.1, 0.15) is 39.3 Å². The van der Waals surface area contributed by atoms with Gasteiger partial charge in [-0.1, -0.05) is 0 Å². The van der Waals surface area contributed by atoms with Crippen molar-refractivity contribution in [2.75, 3.05) is 18.0 Å². The number of carbonyl (C=O) groups excluding carboxylic acids is 1. The molecule has 0 unspecified atom stereocenters. The Hall–Kier alpha value is -1.85. The third kappa shape index (κ3) is 4.36. The standard InChI is InChI=1S/C14H22N4O2/c1-14(2,3)20-13(19)16-10-11-6-7-15-12(17-11)18-8-4-5-9-18/h6-7H,4-5,8-10H2,1-3H3,(H,16,19). The van der Waals surface area contributed by atoms with Gasteiger partial charge in [-0.3, -0.25) is 0 Å². The second-order valence-corrected chi connectivity index (χ2v) is 5.90. The van der Waals surface area contributed by atoms with Crippen LogP contribution in [-0.2, 0) is 11.3 Å². The Labute approximate surface area is 119 Å². The maximum atomic E-state index is 11.6. The monoisotopic (exact) mass is 278 g/mol. The molecule has 2 rings (SSSR count). The minimum atomic E-state index is -0.490. The summed E-state index contributed by atoms with van der Waals surface area (Å²) in [6, 6.07) is 1.80. The van der Waals surface area contributed by atoms with Gasteiger partial charge in [0.25, 0.3) is 0 Å². The Bertz CT molecular complexity index is 464. The lowest BCUT2D eigenvalue weighted by molar-refractivity contribution is 0.0523. The van der Waals surface area contributed by atoms with Crippen molar-refractivity contribution in [2.24, 2.45) is 0 Å². The summed E-state index contributed by atoms with van der Waals surface area (Å²) in [5, 5.41) is 2.70. The molecular weight excluding hydrogens is 256 g/mol. The molecule has 110 valence electrons. The van der Waals surface area contributed by atoms with Crippen LogP contribution in [0.4, 0.5) is 10.7 Å². The summed E-state index contributed by atoms with van der Waals surface area (Å²) in [7, 11) is 0. The molecule has 1 amide bonds. The van der Waals surface area contributed by atoms with Crippen LogP contribution >= 0.6 is 0 Å². The SMILES string of the molecule is CC(C)(C)OC(=O)NCc1ccnc(N2CCCC2)n1. The molecule has 1 aliphatic rings. The van der Waals surface area contributed by atoms with Gasteiger partial charge in [0.05, 0.1) is 12.2 Å². The van der Waals surface area contributed by atoms with Gasteiger partial charge in [-0.2, -0.15) is 0 Å². The first kappa shape index (κ1) is 14.6. The first-order chi connectivity index (χ1) is 9.44. The number of hydrogen-bond donors (Lipinski definition) is 1. The summed E-state index contributed by atoms with van der Waals surface area (Å²) >= 11 is 0. The van der Waals surface area contributed by atoms with Crippen LogP contribution < -0.4 is 10.2 Å². The number of nitrogens with one attached hydrogen (secondary N) is 1. The molecule has 1 fully saturated rings. The summed E-state index contributed by atoms with van der Waals surface area (Å²) in [6.45, 7) is 7.86. The van der Waals surface area contributed by atoms with Crippen molar-refractivity contribution in [3.63, 3.8) is 0 Å². The molecule has 6 nitrogen and oxygen atoms in total. The minimum absolute atomic E-state index is 0.346. The van der Waals surface area contributed by atoms with Gasteiger partial charge in [0.2, 0.25) is 5.95 Å². The van der Waals surface area contributed by atoms with Crippen LogP contribution in [0.2, 0.25) is 0 Å². The molecule has 1 aromatic rings. The van der Waals surface area contributed by atoms with Crippen molar-refractivity contribution >= 4 is 12.0 Å². The third-order valence-electron chi connectivity index (χ3n) is 2.90. The first-order valence-corrected chi connectivity index (χ1v) is 6.98. The second kappa shape index (κ2) is 6.07. The molecule has 2 heterocycles. The Morgan fingerprint density at radius 2 is 2.10 bits per heavy atom. The van der Waals surface area contributed by atoms with Gasteiger partial charge in [-0.25, -0.2) is 14.8 Å². The number of ether oxygens (including phenoxy) is 1. The number of anilines is 1. The molecule has 0 spiro atoms. The van der Waals surface area contributed by atoms with E-state index in [0.29, 0.717) is 6.54 Å². The van der Waals surface area contributed by atoms with Crippen LogP contribution in [0, 0.1) is 0 Å². The number of aromatic nitrogens is 2. The number of hydrogen-bond acceptors (Lipinski definition) is 5. The van der Waals surface area contributed by atoms with E-state index in [0.717, 1.165) is 24.7 Å². The Morgan fingerprint density at radius 3 is 2.75 bits per heavy atom. The Kier molecular flexibility index (Phi) is 4.42. The average molecular weight is 278 g/mol. The van der Waals surface area contributed by atoms with Gasteiger partial charge in [-0.05, 0) is 39.7 Å². The van der Waals surface area contributed by atoms with Crippen LogP contribution in [0.25, 0.3) is 0 Å². The van der Waals surface area contributed by atoms with E-state index in [-0.39, 0.29) is 0 Å². The van der Waals surface area contributed by atoms with Crippen molar-refractivity contribution < 1.29 is 9.53 Å². The topological polar surface area (TPSA) is 67.3 Å². The first-order valence-electron chi connectivity index (χ1n) is 6.98. The van der Waals surface area contributed by atoms with Crippen molar-refractivity contribution in [3.05, 3.63) is 18.0 Å². The smallest absolute Gasteiger partial charge is 0.407 e. The zero-order valence-electron chi connectivity index (χ0n) is 12.3. The summed E-state index contributed by atoms with van der Waals surface area (Å²) in [5.41, 5.74) is 0.295. The lowest BCUT2D eigenvalue weighted by Gasteiger charge is -2.20. The fourth-order valence-corrected chi connectivity index (χ4v) is 2.03. The maximum Gasteiger partial charge on any atom is 0.407 e. The number of alkyl carbamates (subject to hydrolysis) is 1. The van der Waals surface area contributed by atoms with Crippen molar-refractivity contribution in [1.29, 1.82) is 0 Å². The summed E-state index contributed by atoms with van der Waals surface area (Å²) in [4.78, 5) is 22.5. The fraction of sp³-hybridized carbons (Fsp3) is 0.643. The van der Waals surface area contributed by atoms with Gasteiger partial charge in [-0.15, -0.1) is 0 Å². The van der Waals surface area contributed by atoms with Crippen molar-refractivity contribution in [3.8, 4) is 0 Å². The molecule has 0 bridgehead atoms. The molecule has 1 N–H and O–H groups in total. The van der Waals surface area contributed by atoms with E-state index in [1.807, 2.05) is 20.8 Å². The number of nitrogens with zero attached hydrogens (tertiary/aromatic N) is 3. The minimum Gasteiger partial charge on any atom is -0.444 e. The van der Waals surface area contributed by atoms with E-state index in [1.165, 1.54) is 12.8 Å². The number of amides is 1.